The number of methoxy groups -OCH3 is 1. The van der Waals surface area contributed by atoms with E-state index in [1.54, 1.807) is 7.11 Å². The van der Waals surface area contributed by atoms with Crippen molar-refractivity contribution in [3.05, 3.63) is 42.2 Å². The van der Waals surface area contributed by atoms with Gasteiger partial charge in [0.25, 0.3) is 0 Å². The number of guanidine groups is 1. The topological polar surface area (TPSA) is 62.9 Å². The lowest BCUT2D eigenvalue weighted by Gasteiger charge is -2.21. The molecule has 1 N–H and O–H groups in total. The van der Waals surface area contributed by atoms with Crippen LogP contribution in [0.25, 0.3) is 11.3 Å². The molecule has 1 fully saturated rings. The first-order valence-electron chi connectivity index (χ1n) is 8.25. The first kappa shape index (κ1) is 19.7. The van der Waals surface area contributed by atoms with Crippen LogP contribution < -0.4 is 5.32 Å². The van der Waals surface area contributed by atoms with Gasteiger partial charge in [-0.05, 0) is 6.42 Å². The summed E-state index contributed by atoms with van der Waals surface area (Å²) < 4.78 is 10.7. The van der Waals surface area contributed by atoms with Gasteiger partial charge in [0.15, 0.2) is 11.7 Å². The van der Waals surface area contributed by atoms with Gasteiger partial charge in [-0.3, -0.25) is 4.99 Å². The molecule has 0 saturated carbocycles. The fraction of sp³-hybridized carbons (Fsp3) is 0.444. The van der Waals surface area contributed by atoms with Crippen molar-refractivity contribution >= 4 is 29.9 Å². The number of nitrogens with zero attached hydrogens (tertiary/aromatic N) is 3. The fourth-order valence-electron chi connectivity index (χ4n) is 3.04. The molecule has 25 heavy (non-hydrogen) atoms. The van der Waals surface area contributed by atoms with Gasteiger partial charge in [0.2, 0.25) is 0 Å². The van der Waals surface area contributed by atoms with Gasteiger partial charge in [-0.25, -0.2) is 0 Å². The van der Waals surface area contributed by atoms with Crippen LogP contribution >= 0.6 is 24.0 Å². The number of rotatable bonds is 5. The molecule has 0 aliphatic carbocycles. The van der Waals surface area contributed by atoms with Crippen LogP contribution in [-0.2, 0) is 11.3 Å². The van der Waals surface area contributed by atoms with Gasteiger partial charge in [-0.2, -0.15) is 0 Å². The molecule has 1 unspecified atom stereocenters. The number of halogens is 1. The molecule has 3 rings (SSSR count). The highest BCUT2D eigenvalue weighted by Gasteiger charge is 2.24. The predicted molar refractivity (Wildman–Crippen MR) is 109 cm³/mol. The minimum atomic E-state index is 0. The Morgan fingerprint density at radius 2 is 2.20 bits per heavy atom. The van der Waals surface area contributed by atoms with Crippen LogP contribution in [0, 0.1) is 5.92 Å². The predicted octanol–water partition coefficient (Wildman–Crippen LogP) is 3.00. The van der Waals surface area contributed by atoms with E-state index in [-0.39, 0.29) is 24.0 Å². The van der Waals surface area contributed by atoms with Crippen LogP contribution in [0.15, 0.2) is 45.9 Å². The highest BCUT2D eigenvalue weighted by molar-refractivity contribution is 14.0. The van der Waals surface area contributed by atoms with Gasteiger partial charge < -0.3 is 19.5 Å². The van der Waals surface area contributed by atoms with E-state index in [0.717, 1.165) is 49.1 Å². The molecule has 6 nitrogen and oxygen atoms in total. The maximum absolute atomic E-state index is 5.43. The van der Waals surface area contributed by atoms with Gasteiger partial charge in [0.05, 0.1) is 13.2 Å². The molecule has 0 radical (unpaired) electrons. The van der Waals surface area contributed by atoms with E-state index in [0.29, 0.717) is 12.5 Å². The second-order valence-electron chi connectivity index (χ2n) is 6.00. The Balaban J connectivity index is 0.00000225. The minimum absolute atomic E-state index is 0. The third kappa shape index (κ3) is 5.18. The number of ether oxygens (including phenoxy) is 1. The lowest BCUT2D eigenvalue weighted by Crippen LogP contribution is -2.39. The number of nitrogens with one attached hydrogen (secondary N) is 1. The Hall–Kier alpha value is -1.61. The highest BCUT2D eigenvalue weighted by atomic mass is 127. The third-order valence-corrected chi connectivity index (χ3v) is 4.25. The molecule has 1 atom stereocenters. The summed E-state index contributed by atoms with van der Waals surface area (Å²) in [7, 11) is 3.56. The van der Waals surface area contributed by atoms with Crippen molar-refractivity contribution < 1.29 is 9.26 Å². The Bertz CT molecular complexity index is 675. The van der Waals surface area contributed by atoms with Crippen molar-refractivity contribution in [1.29, 1.82) is 0 Å². The van der Waals surface area contributed by atoms with Crippen LogP contribution in [0.1, 0.15) is 12.2 Å². The summed E-state index contributed by atoms with van der Waals surface area (Å²) in [5.41, 5.74) is 1.91. The summed E-state index contributed by atoms with van der Waals surface area (Å²) in [5, 5.41) is 7.50. The zero-order valence-corrected chi connectivity index (χ0v) is 17.0. The molecule has 7 heteroatoms. The molecule has 0 bridgehead atoms. The normalized spacial score (nSPS) is 17.4. The van der Waals surface area contributed by atoms with Gasteiger partial charge in [0, 0.05) is 44.8 Å². The molecule has 1 aromatic heterocycles. The monoisotopic (exact) mass is 456 g/mol. The Morgan fingerprint density at radius 1 is 1.40 bits per heavy atom. The van der Waals surface area contributed by atoms with Crippen molar-refractivity contribution in [1.82, 2.24) is 15.4 Å². The molecular formula is C18H25IN4O2. The van der Waals surface area contributed by atoms with E-state index in [9.17, 15) is 0 Å². The highest BCUT2D eigenvalue weighted by Crippen LogP contribution is 2.19. The molecular weight excluding hydrogens is 431 g/mol. The number of likely N-dealkylation sites (tertiary alicyclic amines) is 1. The molecule has 0 spiro atoms. The molecule has 2 aromatic rings. The lowest BCUT2D eigenvalue weighted by molar-refractivity contribution is 0.157. The number of aromatic nitrogens is 1. The van der Waals surface area contributed by atoms with Crippen molar-refractivity contribution in [2.45, 2.75) is 13.0 Å². The SMILES string of the molecule is CN=C(NCc1cc(-c2ccccc2)no1)N1CCC(COC)C1.I. The summed E-state index contributed by atoms with van der Waals surface area (Å²) >= 11 is 0. The summed E-state index contributed by atoms with van der Waals surface area (Å²) in [5.74, 6) is 2.26. The number of benzene rings is 1. The van der Waals surface area contributed by atoms with Crippen molar-refractivity contribution in [2.24, 2.45) is 10.9 Å². The van der Waals surface area contributed by atoms with Crippen LogP contribution in [0.2, 0.25) is 0 Å². The first-order valence-corrected chi connectivity index (χ1v) is 8.25. The molecule has 1 saturated heterocycles. The molecule has 0 amide bonds. The largest absolute Gasteiger partial charge is 0.384 e. The molecule has 136 valence electrons. The molecule has 1 aliphatic rings. The smallest absolute Gasteiger partial charge is 0.194 e. The van der Waals surface area contributed by atoms with E-state index in [1.165, 1.54) is 0 Å². The van der Waals surface area contributed by atoms with E-state index in [2.05, 4.69) is 20.4 Å². The number of hydrogen-bond donors (Lipinski definition) is 1. The number of hydrogen-bond acceptors (Lipinski definition) is 4. The molecule has 2 heterocycles. The summed E-state index contributed by atoms with van der Waals surface area (Å²) in [6.45, 7) is 3.34. The van der Waals surface area contributed by atoms with E-state index in [4.69, 9.17) is 9.26 Å². The Kier molecular flexibility index (Phi) is 7.70. The second kappa shape index (κ2) is 9.76. The quantitative estimate of drug-likeness (QED) is 0.426. The van der Waals surface area contributed by atoms with Crippen molar-refractivity contribution in [2.75, 3.05) is 33.9 Å². The zero-order chi connectivity index (χ0) is 16.8. The minimum Gasteiger partial charge on any atom is -0.384 e. The van der Waals surface area contributed by atoms with Gasteiger partial charge >= 0.3 is 0 Å². The standard InChI is InChI=1S/C18H24N4O2.HI/c1-19-18(22-9-8-14(12-22)13-23-2)20-11-16-10-17(21-24-16)15-6-4-3-5-7-15;/h3-7,10,14H,8-9,11-13H2,1-2H3,(H,19,20);1H. The Morgan fingerprint density at radius 3 is 2.92 bits per heavy atom. The summed E-state index contributed by atoms with van der Waals surface area (Å²) in [6.07, 6.45) is 1.13. The van der Waals surface area contributed by atoms with E-state index >= 15 is 0 Å². The fourth-order valence-corrected chi connectivity index (χ4v) is 3.04. The van der Waals surface area contributed by atoms with Crippen molar-refractivity contribution in [3.8, 4) is 11.3 Å². The number of aliphatic imine (C=N–C) groups is 1. The summed E-state index contributed by atoms with van der Waals surface area (Å²) in [6, 6.07) is 12.0. The van der Waals surface area contributed by atoms with Gasteiger partial charge in [0.1, 0.15) is 5.69 Å². The maximum atomic E-state index is 5.43. The van der Waals surface area contributed by atoms with Crippen LogP contribution in [-0.4, -0.2) is 49.9 Å². The lowest BCUT2D eigenvalue weighted by atomic mass is 10.1. The Labute approximate surface area is 165 Å². The van der Waals surface area contributed by atoms with E-state index < -0.39 is 0 Å². The second-order valence-corrected chi connectivity index (χ2v) is 6.00. The molecule has 1 aliphatic heterocycles. The average molecular weight is 456 g/mol. The van der Waals surface area contributed by atoms with Crippen LogP contribution in [0.4, 0.5) is 0 Å². The maximum Gasteiger partial charge on any atom is 0.194 e. The van der Waals surface area contributed by atoms with Crippen LogP contribution in [0.3, 0.4) is 0 Å². The molecule has 1 aromatic carbocycles. The van der Waals surface area contributed by atoms with Gasteiger partial charge in [-0.15, -0.1) is 24.0 Å². The summed E-state index contributed by atoms with van der Waals surface area (Å²) in [4.78, 5) is 6.64. The van der Waals surface area contributed by atoms with E-state index in [1.807, 2.05) is 43.4 Å². The van der Waals surface area contributed by atoms with Gasteiger partial charge in [-0.1, -0.05) is 35.5 Å². The average Bonchev–Trinajstić information content (AvgIpc) is 3.27. The third-order valence-electron chi connectivity index (χ3n) is 4.25. The van der Waals surface area contributed by atoms with Crippen molar-refractivity contribution in [3.63, 3.8) is 0 Å². The van der Waals surface area contributed by atoms with Crippen LogP contribution in [0.5, 0.6) is 0 Å². The zero-order valence-electron chi connectivity index (χ0n) is 14.6. The first-order chi connectivity index (χ1) is 11.8.